The summed E-state index contributed by atoms with van der Waals surface area (Å²) in [5.74, 6) is -2.02. The van der Waals surface area contributed by atoms with E-state index in [0.29, 0.717) is 62.5 Å². The predicted octanol–water partition coefficient (Wildman–Crippen LogP) is 7.19. The van der Waals surface area contributed by atoms with Gasteiger partial charge in [-0.3, -0.25) is 28.2 Å². The van der Waals surface area contributed by atoms with E-state index in [-0.39, 0.29) is 32.0 Å². The molecule has 0 aromatic rings. The van der Waals surface area contributed by atoms with Crippen LogP contribution in [0.3, 0.4) is 0 Å². The van der Waals surface area contributed by atoms with Crippen molar-refractivity contribution in [1.82, 2.24) is 5.32 Å². The molecule has 1 unspecified atom stereocenters. The zero-order valence-electron chi connectivity index (χ0n) is 34.2. The normalized spacial score (nSPS) is 13.9. The van der Waals surface area contributed by atoms with E-state index in [1.165, 1.54) is 57.8 Å². The Labute approximate surface area is 326 Å². The van der Waals surface area contributed by atoms with Crippen molar-refractivity contribution in [1.29, 1.82) is 0 Å². The number of ether oxygens (including phenoxy) is 2. The number of hydrogen-bond donors (Lipinski definition) is 4. The predicted molar refractivity (Wildman–Crippen MR) is 211 cm³/mol. The highest BCUT2D eigenvalue weighted by molar-refractivity contribution is 7.47. The lowest BCUT2D eigenvalue weighted by molar-refractivity contribution is -0.870. The van der Waals surface area contributed by atoms with Crippen molar-refractivity contribution in [3.63, 3.8) is 0 Å². The first kappa shape index (κ1) is 51.9. The third kappa shape index (κ3) is 35.6. The molecule has 1 amide bonds. The standard InChI is InChI=1S/C39H76N3O11P/c1-5-6-7-8-9-10-11-12-13-14-15-18-21-27-37(44)50-32-34(33-52-54(48,49)51-31-30-42(2,3)4)53-38(45)28-22-19-16-17-20-26-36(43)41-29-24-23-25-35(40)39(46)47/h34-35H,5-33,40H2,1-4H3,(H2-,41,43,46,47,48,49)/p+1/t34-,35-/m1/s1. The van der Waals surface area contributed by atoms with E-state index in [0.717, 1.165) is 38.5 Å². The third-order valence-electron chi connectivity index (χ3n) is 9.02. The molecule has 0 fully saturated rings. The molecule has 0 aromatic carbocycles. The first-order chi connectivity index (χ1) is 25.6. The zero-order chi connectivity index (χ0) is 40.5. The summed E-state index contributed by atoms with van der Waals surface area (Å²) < 4.78 is 34.0. The number of unbranched alkanes of at least 4 members (excludes halogenated alkanes) is 17. The summed E-state index contributed by atoms with van der Waals surface area (Å²) in [6.07, 6.45) is 20.7. The number of carboxylic acids is 1. The molecule has 0 aromatic heterocycles. The first-order valence-electron chi connectivity index (χ1n) is 20.7. The molecule has 14 nitrogen and oxygen atoms in total. The van der Waals surface area contributed by atoms with Gasteiger partial charge in [-0.2, -0.15) is 0 Å². The van der Waals surface area contributed by atoms with Gasteiger partial charge in [-0.25, -0.2) is 4.57 Å². The van der Waals surface area contributed by atoms with Gasteiger partial charge in [-0.05, 0) is 38.5 Å². The van der Waals surface area contributed by atoms with Crippen LogP contribution < -0.4 is 11.1 Å². The molecule has 0 aliphatic heterocycles. The Morgan fingerprint density at radius 3 is 1.70 bits per heavy atom. The first-order valence-corrected chi connectivity index (χ1v) is 22.2. The maximum atomic E-state index is 12.6. The number of carbonyl (C=O) groups excluding carboxylic acids is 3. The van der Waals surface area contributed by atoms with Gasteiger partial charge in [0.2, 0.25) is 5.91 Å². The fourth-order valence-electron chi connectivity index (χ4n) is 5.56. The number of carbonyl (C=O) groups is 4. The Kier molecular flexibility index (Phi) is 31.8. The number of amides is 1. The average Bonchev–Trinajstić information content (AvgIpc) is 3.10. The van der Waals surface area contributed by atoms with E-state index < -0.39 is 44.5 Å². The lowest BCUT2D eigenvalue weighted by Gasteiger charge is -2.24. The van der Waals surface area contributed by atoms with Crippen LogP contribution in [0.5, 0.6) is 0 Å². The Morgan fingerprint density at radius 1 is 0.685 bits per heavy atom. The molecular formula is C39H77N3O11P+. The SMILES string of the molecule is CCCCCCCCCCCCCCCC(=O)OC[C@H](COP(=O)(O)OCC[N+](C)(C)C)OC(=O)CCCCCCCC(=O)NCCCC[C@@H](N)C(=O)O. The third-order valence-corrected chi connectivity index (χ3v) is 10.0. The molecule has 0 bridgehead atoms. The quantitative estimate of drug-likeness (QED) is 0.0213. The zero-order valence-corrected chi connectivity index (χ0v) is 35.1. The van der Waals surface area contributed by atoms with Crippen molar-refractivity contribution in [2.45, 2.75) is 173 Å². The van der Waals surface area contributed by atoms with Gasteiger partial charge in [0.05, 0.1) is 27.7 Å². The van der Waals surface area contributed by atoms with Gasteiger partial charge in [0.15, 0.2) is 6.10 Å². The van der Waals surface area contributed by atoms with Crippen LogP contribution in [-0.2, 0) is 42.3 Å². The molecule has 3 atom stereocenters. The summed E-state index contributed by atoms with van der Waals surface area (Å²) in [5.41, 5.74) is 5.47. The Balaban J connectivity index is 4.43. The molecule has 0 rings (SSSR count). The van der Waals surface area contributed by atoms with Gasteiger partial charge in [0.1, 0.15) is 25.8 Å². The van der Waals surface area contributed by atoms with E-state index in [1.807, 2.05) is 21.1 Å². The number of nitrogens with zero attached hydrogens (tertiary/aromatic N) is 1. The number of nitrogens with one attached hydrogen (secondary N) is 1. The van der Waals surface area contributed by atoms with Crippen LogP contribution in [0.15, 0.2) is 0 Å². The maximum Gasteiger partial charge on any atom is 0.472 e. The van der Waals surface area contributed by atoms with Gasteiger partial charge in [0, 0.05) is 25.8 Å². The summed E-state index contributed by atoms with van der Waals surface area (Å²) >= 11 is 0. The molecule has 54 heavy (non-hydrogen) atoms. The van der Waals surface area contributed by atoms with Crippen LogP contribution in [0.25, 0.3) is 0 Å². The van der Waals surface area contributed by atoms with Crippen LogP contribution >= 0.6 is 7.82 Å². The highest BCUT2D eigenvalue weighted by Gasteiger charge is 2.27. The molecule has 0 saturated carbocycles. The van der Waals surface area contributed by atoms with Crippen molar-refractivity contribution in [2.75, 3.05) is 54.1 Å². The van der Waals surface area contributed by atoms with Crippen molar-refractivity contribution < 1.29 is 56.7 Å². The topological polar surface area (TPSA) is 201 Å². The lowest BCUT2D eigenvalue weighted by Crippen LogP contribution is -2.37. The molecule has 0 saturated heterocycles. The maximum absolute atomic E-state index is 12.6. The van der Waals surface area contributed by atoms with Crippen LogP contribution in [-0.4, -0.2) is 104 Å². The number of likely N-dealkylation sites (N-methyl/N-ethyl adjacent to an activating group) is 1. The number of phosphoric acid groups is 1. The van der Waals surface area contributed by atoms with Crippen LogP contribution in [0, 0.1) is 0 Å². The molecular weight excluding hydrogens is 717 g/mol. The number of esters is 2. The summed E-state index contributed by atoms with van der Waals surface area (Å²) in [5, 5.41) is 11.6. The van der Waals surface area contributed by atoms with Crippen LogP contribution in [0.4, 0.5) is 0 Å². The molecule has 0 heterocycles. The molecule has 0 aliphatic carbocycles. The summed E-state index contributed by atoms with van der Waals surface area (Å²) in [7, 11) is 1.34. The smallest absolute Gasteiger partial charge is 0.472 e. The minimum atomic E-state index is -4.42. The number of hydrogen-bond acceptors (Lipinski definition) is 10. The second-order valence-electron chi connectivity index (χ2n) is 15.5. The average molecular weight is 795 g/mol. The van der Waals surface area contributed by atoms with Crippen LogP contribution in [0.2, 0.25) is 0 Å². The molecule has 0 aliphatic rings. The minimum absolute atomic E-state index is 0.00766. The van der Waals surface area contributed by atoms with Crippen molar-refractivity contribution in [3.05, 3.63) is 0 Å². The van der Waals surface area contributed by atoms with Gasteiger partial charge < -0.3 is 35.0 Å². The highest BCUT2D eigenvalue weighted by Crippen LogP contribution is 2.43. The molecule has 15 heteroatoms. The highest BCUT2D eigenvalue weighted by atomic mass is 31.2. The summed E-state index contributed by atoms with van der Waals surface area (Å²) in [6, 6.07) is -0.874. The molecule has 0 radical (unpaired) electrons. The van der Waals surface area contributed by atoms with E-state index >= 15 is 0 Å². The number of quaternary nitrogens is 1. The second-order valence-corrected chi connectivity index (χ2v) is 16.9. The fourth-order valence-corrected chi connectivity index (χ4v) is 6.31. The number of phosphoric ester groups is 1. The summed E-state index contributed by atoms with van der Waals surface area (Å²) in [4.78, 5) is 58.0. The molecule has 5 N–H and O–H groups in total. The Hall–Kier alpha value is -2.09. The lowest BCUT2D eigenvalue weighted by atomic mass is 10.0. The Morgan fingerprint density at radius 2 is 1.19 bits per heavy atom. The minimum Gasteiger partial charge on any atom is -0.480 e. The van der Waals surface area contributed by atoms with Gasteiger partial charge >= 0.3 is 25.7 Å². The van der Waals surface area contributed by atoms with Crippen molar-refractivity contribution >= 4 is 31.6 Å². The number of rotatable bonds is 38. The molecule has 0 spiro atoms. The Bertz CT molecular complexity index is 1040. The van der Waals surface area contributed by atoms with E-state index in [9.17, 15) is 28.6 Å². The molecule has 318 valence electrons. The van der Waals surface area contributed by atoms with Crippen molar-refractivity contribution in [3.8, 4) is 0 Å². The number of carboxylic acid groups (broad SMARTS) is 1. The van der Waals surface area contributed by atoms with Gasteiger partial charge in [-0.1, -0.05) is 103 Å². The van der Waals surface area contributed by atoms with Crippen molar-refractivity contribution in [2.24, 2.45) is 5.73 Å². The van der Waals surface area contributed by atoms with E-state index in [4.69, 9.17) is 29.4 Å². The fraction of sp³-hybridized carbons (Fsp3) is 0.897. The van der Waals surface area contributed by atoms with Gasteiger partial charge in [-0.15, -0.1) is 0 Å². The van der Waals surface area contributed by atoms with E-state index in [2.05, 4.69) is 12.2 Å². The monoisotopic (exact) mass is 795 g/mol. The summed E-state index contributed by atoms with van der Waals surface area (Å²) in [6.45, 7) is 2.43. The van der Waals surface area contributed by atoms with Gasteiger partial charge in [0.25, 0.3) is 0 Å². The number of aliphatic carboxylic acids is 1. The van der Waals surface area contributed by atoms with Crippen LogP contribution in [0.1, 0.15) is 161 Å². The second kappa shape index (κ2) is 33.1. The number of nitrogens with two attached hydrogens (primary N) is 1. The van der Waals surface area contributed by atoms with E-state index in [1.54, 1.807) is 0 Å². The largest absolute Gasteiger partial charge is 0.480 e.